The molecule has 1 aliphatic heterocycles. The molecule has 0 bridgehead atoms. The van der Waals surface area contributed by atoms with Crippen molar-refractivity contribution in [3.05, 3.63) is 83.0 Å². The molecule has 166 valence electrons. The number of pyridine rings is 1. The van der Waals surface area contributed by atoms with Crippen molar-refractivity contribution in [1.82, 2.24) is 9.88 Å². The second-order valence-corrected chi connectivity index (χ2v) is 8.20. The van der Waals surface area contributed by atoms with Crippen LogP contribution in [-0.4, -0.2) is 49.1 Å². The topological polar surface area (TPSA) is 57.7 Å². The molecule has 2 aromatic carbocycles. The quantitative estimate of drug-likeness (QED) is 0.589. The van der Waals surface area contributed by atoms with Crippen LogP contribution in [0.25, 0.3) is 0 Å². The Hall–Kier alpha value is -3.09. The fourth-order valence-electron chi connectivity index (χ4n) is 3.82. The summed E-state index contributed by atoms with van der Waals surface area (Å²) < 4.78 is 5.13. The maximum absolute atomic E-state index is 12.5. The van der Waals surface area contributed by atoms with Crippen LogP contribution in [0, 0.1) is 0 Å². The average molecular weight is 451 g/mol. The third kappa shape index (κ3) is 5.58. The van der Waals surface area contributed by atoms with Crippen LogP contribution in [0.3, 0.4) is 0 Å². The molecule has 1 fully saturated rings. The van der Waals surface area contributed by atoms with Crippen molar-refractivity contribution >= 4 is 29.0 Å². The lowest BCUT2D eigenvalue weighted by molar-refractivity contribution is 0.102. The minimum Gasteiger partial charge on any atom is -0.497 e. The van der Waals surface area contributed by atoms with Gasteiger partial charge in [0.15, 0.2) is 0 Å². The zero-order valence-corrected chi connectivity index (χ0v) is 18.9. The number of aromatic nitrogens is 1. The summed E-state index contributed by atoms with van der Waals surface area (Å²) in [4.78, 5) is 21.8. The van der Waals surface area contributed by atoms with E-state index in [-0.39, 0.29) is 5.91 Å². The number of methoxy groups -OCH3 is 1. The van der Waals surface area contributed by atoms with Gasteiger partial charge in [0.05, 0.1) is 19.0 Å². The van der Waals surface area contributed by atoms with Crippen molar-refractivity contribution in [3.63, 3.8) is 0 Å². The largest absolute Gasteiger partial charge is 0.497 e. The first-order chi connectivity index (χ1) is 15.6. The molecule has 4 rings (SSSR count). The van der Waals surface area contributed by atoms with Gasteiger partial charge in [-0.05, 0) is 54.4 Å². The van der Waals surface area contributed by atoms with Crippen molar-refractivity contribution in [2.75, 3.05) is 43.5 Å². The molecule has 0 spiro atoms. The molecule has 0 unspecified atom stereocenters. The number of carbonyl (C=O) groups is 1. The van der Waals surface area contributed by atoms with Crippen LogP contribution in [-0.2, 0) is 6.54 Å². The number of carbonyl (C=O) groups excluding carboxylic acids is 1. The van der Waals surface area contributed by atoms with Crippen LogP contribution in [0.15, 0.2) is 66.9 Å². The van der Waals surface area contributed by atoms with E-state index in [1.165, 1.54) is 0 Å². The predicted molar refractivity (Wildman–Crippen MR) is 129 cm³/mol. The van der Waals surface area contributed by atoms with Gasteiger partial charge in [0, 0.05) is 43.3 Å². The Labute approximate surface area is 193 Å². The first kappa shape index (κ1) is 22.1. The monoisotopic (exact) mass is 450 g/mol. The molecule has 1 aliphatic rings. The first-order valence-electron chi connectivity index (χ1n) is 10.7. The molecule has 1 aromatic heterocycles. The van der Waals surface area contributed by atoms with E-state index in [2.05, 4.69) is 26.2 Å². The third-order valence-electron chi connectivity index (χ3n) is 5.62. The van der Waals surface area contributed by atoms with E-state index in [0.717, 1.165) is 61.3 Å². The zero-order valence-electron chi connectivity index (χ0n) is 18.1. The molecular weight excluding hydrogens is 424 g/mol. The Morgan fingerprint density at radius 3 is 2.56 bits per heavy atom. The van der Waals surface area contributed by atoms with Crippen LogP contribution in [0.5, 0.6) is 5.75 Å². The van der Waals surface area contributed by atoms with Crippen LogP contribution >= 0.6 is 11.6 Å². The normalized spacial score (nSPS) is 14.6. The molecule has 0 saturated carbocycles. The van der Waals surface area contributed by atoms with E-state index in [0.29, 0.717) is 11.3 Å². The Balaban J connectivity index is 1.33. The van der Waals surface area contributed by atoms with E-state index in [4.69, 9.17) is 16.3 Å². The maximum Gasteiger partial charge on any atom is 0.255 e. The molecule has 0 radical (unpaired) electrons. The van der Waals surface area contributed by atoms with Crippen molar-refractivity contribution in [2.24, 2.45) is 0 Å². The highest BCUT2D eigenvalue weighted by atomic mass is 35.5. The van der Waals surface area contributed by atoms with Crippen LogP contribution in [0.1, 0.15) is 22.3 Å². The van der Waals surface area contributed by atoms with Crippen LogP contribution in [0.2, 0.25) is 5.02 Å². The molecular formula is C25H27ClN4O2. The molecule has 32 heavy (non-hydrogen) atoms. The minimum absolute atomic E-state index is 0.174. The molecule has 3 aromatic rings. The molecule has 6 nitrogen and oxygen atoms in total. The molecule has 1 saturated heterocycles. The van der Waals surface area contributed by atoms with Gasteiger partial charge in [0.1, 0.15) is 11.6 Å². The van der Waals surface area contributed by atoms with Gasteiger partial charge in [-0.1, -0.05) is 29.8 Å². The average Bonchev–Trinajstić information content (AvgIpc) is 3.07. The molecule has 7 heteroatoms. The summed E-state index contributed by atoms with van der Waals surface area (Å²) in [5.41, 5.74) is 2.41. The van der Waals surface area contributed by atoms with Gasteiger partial charge in [0.25, 0.3) is 5.91 Å². The van der Waals surface area contributed by atoms with E-state index < -0.39 is 0 Å². The Morgan fingerprint density at radius 2 is 1.84 bits per heavy atom. The lowest BCUT2D eigenvalue weighted by atomic mass is 10.2. The lowest BCUT2D eigenvalue weighted by Gasteiger charge is -2.23. The number of rotatable bonds is 6. The summed E-state index contributed by atoms with van der Waals surface area (Å²) >= 11 is 6.33. The Kier molecular flexibility index (Phi) is 7.24. The lowest BCUT2D eigenvalue weighted by Crippen LogP contribution is -2.31. The number of halogens is 1. The van der Waals surface area contributed by atoms with Gasteiger partial charge in [-0.15, -0.1) is 0 Å². The van der Waals surface area contributed by atoms with Crippen molar-refractivity contribution in [2.45, 2.75) is 13.0 Å². The highest BCUT2D eigenvalue weighted by Crippen LogP contribution is 2.20. The van der Waals surface area contributed by atoms with Crippen molar-refractivity contribution in [3.8, 4) is 5.75 Å². The van der Waals surface area contributed by atoms with Gasteiger partial charge >= 0.3 is 0 Å². The maximum atomic E-state index is 12.5. The summed E-state index contributed by atoms with van der Waals surface area (Å²) in [5, 5.41) is 3.72. The fourth-order valence-corrected chi connectivity index (χ4v) is 4.01. The number of anilines is 2. The van der Waals surface area contributed by atoms with Gasteiger partial charge in [-0.25, -0.2) is 4.98 Å². The zero-order chi connectivity index (χ0) is 22.3. The fraction of sp³-hybridized carbons (Fsp3) is 0.280. The summed E-state index contributed by atoms with van der Waals surface area (Å²) in [6.45, 7) is 4.68. The third-order valence-corrected chi connectivity index (χ3v) is 5.99. The highest BCUT2D eigenvalue weighted by Gasteiger charge is 2.17. The minimum atomic E-state index is -0.174. The van der Waals surface area contributed by atoms with Gasteiger partial charge < -0.3 is 15.0 Å². The predicted octanol–water partition coefficient (Wildman–Crippen LogP) is 4.71. The van der Waals surface area contributed by atoms with Gasteiger partial charge in [-0.3, -0.25) is 9.69 Å². The summed E-state index contributed by atoms with van der Waals surface area (Å²) in [7, 11) is 1.60. The molecule has 0 aliphatic carbocycles. The second-order valence-electron chi connectivity index (χ2n) is 7.80. The number of hydrogen-bond acceptors (Lipinski definition) is 5. The summed E-state index contributed by atoms with van der Waals surface area (Å²) in [6.07, 6.45) is 2.77. The number of nitrogens with zero attached hydrogens (tertiary/aromatic N) is 3. The van der Waals surface area contributed by atoms with Crippen molar-refractivity contribution < 1.29 is 9.53 Å². The van der Waals surface area contributed by atoms with Gasteiger partial charge in [0.2, 0.25) is 0 Å². The Morgan fingerprint density at radius 1 is 1.03 bits per heavy atom. The highest BCUT2D eigenvalue weighted by molar-refractivity contribution is 6.31. The van der Waals surface area contributed by atoms with Gasteiger partial charge in [-0.2, -0.15) is 0 Å². The summed E-state index contributed by atoms with van der Waals surface area (Å²) in [5.74, 6) is 1.47. The molecule has 1 amide bonds. The smallest absolute Gasteiger partial charge is 0.255 e. The van der Waals surface area contributed by atoms with E-state index in [1.807, 2.05) is 30.3 Å². The number of hydrogen-bond donors (Lipinski definition) is 1. The first-order valence-corrected chi connectivity index (χ1v) is 11.1. The Bertz CT molecular complexity index is 1040. The van der Waals surface area contributed by atoms with Crippen molar-refractivity contribution in [1.29, 1.82) is 0 Å². The molecule has 2 heterocycles. The molecule has 1 N–H and O–H groups in total. The molecule has 0 atom stereocenters. The standard InChI is InChI=1S/C25H27ClN4O2/c1-32-22-10-7-19(8-11-22)25(31)28-21-9-12-24(27-17-21)30-14-4-13-29(15-16-30)18-20-5-2-3-6-23(20)26/h2-3,5-12,17H,4,13-16,18H2,1H3,(H,28,31). The second kappa shape index (κ2) is 10.5. The van der Waals surface area contributed by atoms with E-state index in [1.54, 1.807) is 37.6 Å². The number of ether oxygens (including phenoxy) is 1. The van der Waals surface area contributed by atoms with Crippen LogP contribution < -0.4 is 15.0 Å². The number of nitrogens with one attached hydrogen (secondary N) is 1. The number of benzene rings is 2. The van der Waals surface area contributed by atoms with E-state index in [9.17, 15) is 4.79 Å². The van der Waals surface area contributed by atoms with Crippen LogP contribution in [0.4, 0.5) is 11.5 Å². The summed E-state index contributed by atoms with van der Waals surface area (Å²) in [6, 6.07) is 18.9. The number of amides is 1. The SMILES string of the molecule is COc1ccc(C(=O)Nc2ccc(N3CCCN(Cc4ccccc4Cl)CC3)nc2)cc1. The van der Waals surface area contributed by atoms with E-state index >= 15 is 0 Å².